The van der Waals surface area contributed by atoms with Gasteiger partial charge in [-0.15, -0.1) is 0 Å². The van der Waals surface area contributed by atoms with E-state index in [0.717, 1.165) is 10.4 Å². The van der Waals surface area contributed by atoms with Crippen molar-refractivity contribution in [2.75, 3.05) is 11.4 Å². The molecule has 168 valence electrons. The summed E-state index contributed by atoms with van der Waals surface area (Å²) in [5.41, 5.74) is 0.582. The van der Waals surface area contributed by atoms with Crippen molar-refractivity contribution in [3.63, 3.8) is 0 Å². The van der Waals surface area contributed by atoms with Crippen LogP contribution >= 0.6 is 0 Å². The molecule has 3 aromatic heterocycles. The molecule has 4 aromatic rings. The van der Waals surface area contributed by atoms with E-state index in [0.29, 0.717) is 22.9 Å². The zero-order valence-electron chi connectivity index (χ0n) is 17.3. The van der Waals surface area contributed by atoms with Crippen LogP contribution in [0.4, 0.5) is 18.9 Å². The summed E-state index contributed by atoms with van der Waals surface area (Å²) >= 11 is 0. The van der Waals surface area contributed by atoms with Crippen molar-refractivity contribution in [3.8, 4) is 11.4 Å². The minimum Gasteiger partial charge on any atom is -0.273 e. The van der Waals surface area contributed by atoms with Gasteiger partial charge in [-0.05, 0) is 30.2 Å². The first-order valence-electron chi connectivity index (χ1n) is 9.55. The third-order valence-corrected chi connectivity index (χ3v) is 7.10. The van der Waals surface area contributed by atoms with Gasteiger partial charge in [0.2, 0.25) is 0 Å². The molecule has 1 N–H and O–H groups in total. The number of sulfonamides is 1. The Morgan fingerprint density at radius 2 is 1.88 bits per heavy atom. The summed E-state index contributed by atoms with van der Waals surface area (Å²) in [6.45, 7) is 1.87. The Hall–Kier alpha value is -3.41. The molecule has 1 aromatic carbocycles. The summed E-state index contributed by atoms with van der Waals surface area (Å²) < 4.78 is 68.1. The number of hydrogen-bond acceptors (Lipinski definition) is 5. The van der Waals surface area contributed by atoms with Crippen LogP contribution in [0.1, 0.15) is 18.2 Å². The predicted molar refractivity (Wildman–Crippen MR) is 113 cm³/mol. The number of aromatic amines is 1. The number of nitrogens with one attached hydrogen (secondary N) is 1. The van der Waals surface area contributed by atoms with E-state index in [9.17, 15) is 21.6 Å². The second-order valence-corrected chi connectivity index (χ2v) is 9.06. The lowest BCUT2D eigenvalue weighted by molar-refractivity contribution is -0.141. The van der Waals surface area contributed by atoms with Gasteiger partial charge < -0.3 is 0 Å². The number of aromatic nitrogens is 5. The van der Waals surface area contributed by atoms with Crippen molar-refractivity contribution < 1.29 is 21.6 Å². The Balaban J connectivity index is 1.72. The molecule has 4 rings (SSSR count). The number of aryl methyl sites for hydroxylation is 2. The number of pyridine rings is 1. The first-order valence-corrected chi connectivity index (χ1v) is 11.0. The van der Waals surface area contributed by atoms with Crippen LogP contribution < -0.4 is 4.31 Å². The molecule has 0 aliphatic heterocycles. The van der Waals surface area contributed by atoms with E-state index in [2.05, 4.69) is 15.2 Å². The van der Waals surface area contributed by atoms with Gasteiger partial charge in [-0.2, -0.15) is 23.4 Å². The van der Waals surface area contributed by atoms with Gasteiger partial charge in [-0.25, -0.2) is 8.42 Å². The van der Waals surface area contributed by atoms with Crippen LogP contribution in [0, 0.1) is 0 Å². The lowest BCUT2D eigenvalue weighted by atomic mass is 10.1. The Morgan fingerprint density at radius 3 is 2.47 bits per heavy atom. The topological polar surface area (TPSA) is 96.8 Å². The summed E-state index contributed by atoms with van der Waals surface area (Å²) in [5.74, 6) is 0. The van der Waals surface area contributed by atoms with Gasteiger partial charge in [0.25, 0.3) is 10.0 Å². The predicted octanol–water partition coefficient (Wildman–Crippen LogP) is 3.76. The molecule has 32 heavy (non-hydrogen) atoms. The van der Waals surface area contributed by atoms with Crippen LogP contribution in [0.5, 0.6) is 0 Å². The highest BCUT2D eigenvalue weighted by molar-refractivity contribution is 7.93. The number of halogens is 3. The van der Waals surface area contributed by atoms with Crippen LogP contribution in [0.3, 0.4) is 0 Å². The van der Waals surface area contributed by atoms with Gasteiger partial charge in [-0.3, -0.25) is 19.1 Å². The highest BCUT2D eigenvalue weighted by Gasteiger charge is 2.33. The molecular formula is C20H19F3N6O2S. The molecule has 0 aliphatic rings. The first kappa shape index (κ1) is 21.8. The van der Waals surface area contributed by atoms with Crippen LogP contribution in [0.2, 0.25) is 0 Å². The third-order valence-electron chi connectivity index (χ3n) is 5.19. The fourth-order valence-corrected chi connectivity index (χ4v) is 5.13. The number of benzene rings is 1. The van der Waals surface area contributed by atoms with Crippen LogP contribution in [0.25, 0.3) is 22.3 Å². The molecule has 3 heterocycles. The zero-order chi connectivity index (χ0) is 23.3. The van der Waals surface area contributed by atoms with Crippen LogP contribution in [-0.4, -0.2) is 40.4 Å². The number of alkyl halides is 3. The number of fused-ring (bicyclic) bond motifs is 1. The molecule has 0 bridgehead atoms. The van der Waals surface area contributed by atoms with E-state index in [1.54, 1.807) is 19.3 Å². The third kappa shape index (κ3) is 3.60. The smallest absolute Gasteiger partial charge is 0.273 e. The van der Waals surface area contributed by atoms with E-state index in [4.69, 9.17) is 0 Å². The highest BCUT2D eigenvalue weighted by Crippen LogP contribution is 2.33. The van der Waals surface area contributed by atoms with Crippen molar-refractivity contribution in [1.82, 2.24) is 25.0 Å². The summed E-state index contributed by atoms with van der Waals surface area (Å²) in [4.78, 5) is 4.27. The molecular weight excluding hydrogens is 445 g/mol. The fourth-order valence-electron chi connectivity index (χ4n) is 3.44. The molecule has 0 fully saturated rings. The Morgan fingerprint density at radius 1 is 1.12 bits per heavy atom. The highest BCUT2D eigenvalue weighted by atomic mass is 32.2. The van der Waals surface area contributed by atoms with Gasteiger partial charge in [0.15, 0.2) is 0 Å². The molecule has 0 saturated heterocycles. The summed E-state index contributed by atoms with van der Waals surface area (Å²) in [6, 6.07) is 7.33. The first-order chi connectivity index (χ1) is 15.0. The van der Waals surface area contributed by atoms with E-state index < -0.39 is 21.9 Å². The van der Waals surface area contributed by atoms with Gasteiger partial charge >= 0.3 is 6.18 Å². The van der Waals surface area contributed by atoms with E-state index >= 15 is 0 Å². The van der Waals surface area contributed by atoms with Gasteiger partial charge in [0, 0.05) is 19.5 Å². The Kier molecular flexibility index (Phi) is 5.19. The van der Waals surface area contributed by atoms with E-state index in [1.165, 1.54) is 30.1 Å². The van der Waals surface area contributed by atoms with Gasteiger partial charge in [-0.1, -0.05) is 19.1 Å². The maximum Gasteiger partial charge on any atom is 0.432 e. The monoisotopic (exact) mass is 464 g/mol. The largest absolute Gasteiger partial charge is 0.432 e. The quantitative estimate of drug-likeness (QED) is 0.485. The number of rotatable bonds is 5. The Labute approximate surface area is 181 Å². The normalized spacial score (nSPS) is 12.4. The lowest BCUT2D eigenvalue weighted by Crippen LogP contribution is -2.28. The molecule has 12 heteroatoms. The minimum atomic E-state index is -4.55. The van der Waals surface area contributed by atoms with Crippen molar-refractivity contribution in [2.24, 2.45) is 7.05 Å². The van der Waals surface area contributed by atoms with Gasteiger partial charge in [0.05, 0.1) is 29.3 Å². The molecule has 0 atom stereocenters. The Bertz CT molecular complexity index is 1390. The molecule has 0 radical (unpaired) electrons. The maximum atomic E-state index is 13.6. The summed E-state index contributed by atoms with van der Waals surface area (Å²) in [7, 11) is -0.908. The van der Waals surface area contributed by atoms with E-state index in [-0.39, 0.29) is 22.0 Å². The average Bonchev–Trinajstić information content (AvgIpc) is 3.40. The SMILES string of the molecule is CCc1ccc2cnn(C)c2c1S(=O)(=O)N(C)c1ccc(-c2cc(C(F)(F)F)[nH]n2)nc1. The number of nitrogens with zero attached hydrogens (tertiary/aromatic N) is 5. The number of H-pyrrole nitrogens is 1. The number of hydrogen-bond donors (Lipinski definition) is 1. The molecule has 0 unspecified atom stereocenters. The van der Waals surface area contributed by atoms with Crippen LogP contribution in [0.15, 0.2) is 47.6 Å². The second-order valence-electron chi connectivity index (χ2n) is 7.15. The van der Waals surface area contributed by atoms with E-state index in [1.807, 2.05) is 18.1 Å². The van der Waals surface area contributed by atoms with Crippen molar-refractivity contribution in [3.05, 3.63) is 54.0 Å². The second kappa shape index (κ2) is 7.62. The van der Waals surface area contributed by atoms with Crippen LogP contribution in [-0.2, 0) is 29.7 Å². The standard InChI is InChI=1S/C20H19F3N6O2S/c1-4-12-5-6-13-10-25-28(2)18(13)19(12)32(30,31)29(3)14-7-8-15(24-11-14)16-9-17(27-26-16)20(21,22)23/h5-11H,4H2,1-3H3,(H,26,27). The zero-order valence-corrected chi connectivity index (χ0v) is 18.2. The minimum absolute atomic E-state index is 0.00214. The average molecular weight is 464 g/mol. The molecule has 0 saturated carbocycles. The van der Waals surface area contributed by atoms with Crippen molar-refractivity contribution >= 4 is 26.6 Å². The van der Waals surface area contributed by atoms with Crippen molar-refractivity contribution in [2.45, 2.75) is 24.4 Å². The summed E-state index contributed by atoms with van der Waals surface area (Å²) in [5, 5.41) is 10.4. The molecule has 0 aliphatic carbocycles. The molecule has 0 amide bonds. The molecule has 8 nitrogen and oxygen atoms in total. The number of anilines is 1. The van der Waals surface area contributed by atoms with Gasteiger partial charge in [0.1, 0.15) is 16.3 Å². The maximum absolute atomic E-state index is 13.6. The van der Waals surface area contributed by atoms with Crippen molar-refractivity contribution in [1.29, 1.82) is 0 Å². The fraction of sp³-hybridized carbons (Fsp3) is 0.250. The molecule has 0 spiro atoms. The lowest BCUT2D eigenvalue weighted by Gasteiger charge is -2.22. The summed E-state index contributed by atoms with van der Waals surface area (Å²) in [6.07, 6.45) is -1.17.